The van der Waals surface area contributed by atoms with Crippen LogP contribution in [0.2, 0.25) is 0 Å². The third-order valence-electron chi connectivity index (χ3n) is 16.1. The molecule has 0 aromatic carbocycles. The van der Waals surface area contributed by atoms with Gasteiger partial charge in [-0.15, -0.1) is 0 Å². The molecule has 0 aromatic heterocycles. The van der Waals surface area contributed by atoms with Crippen LogP contribution in [0.4, 0.5) is 0 Å². The molecule has 0 radical (unpaired) electrons. The second kappa shape index (κ2) is 68.3. The van der Waals surface area contributed by atoms with E-state index in [1.165, 1.54) is 218 Å². The zero-order valence-corrected chi connectivity index (χ0v) is 59.1. The number of hydrogen-bond acceptors (Lipinski definition) is 8. The van der Waals surface area contributed by atoms with E-state index in [0.717, 1.165) is 83.5 Å². The first-order chi connectivity index (χ1) is 43.0. The van der Waals surface area contributed by atoms with Gasteiger partial charge in [0, 0.05) is 12.8 Å². The third kappa shape index (κ3) is 72.0. The second-order valence-electron chi connectivity index (χ2n) is 25.9. The van der Waals surface area contributed by atoms with E-state index in [2.05, 4.69) is 111 Å². The average Bonchev–Trinajstić information content (AvgIpc) is 3.68. The number of nitrogens with zero attached hydrogens (tertiary/aromatic N) is 1. The van der Waals surface area contributed by atoms with Crippen LogP contribution in [-0.4, -0.2) is 70.0 Å². The van der Waals surface area contributed by atoms with Crippen molar-refractivity contribution in [3.8, 4) is 0 Å². The van der Waals surface area contributed by atoms with E-state index in [1.54, 1.807) is 0 Å². The highest BCUT2D eigenvalue weighted by Crippen LogP contribution is 2.38. The van der Waals surface area contributed by atoms with Crippen LogP contribution in [0.5, 0.6) is 0 Å². The second-order valence-corrected chi connectivity index (χ2v) is 27.3. The van der Waals surface area contributed by atoms with Gasteiger partial charge in [0.25, 0.3) is 7.82 Å². The van der Waals surface area contributed by atoms with Gasteiger partial charge in [-0.3, -0.25) is 14.2 Å². The number of phosphoric ester groups is 1. The van der Waals surface area contributed by atoms with Gasteiger partial charge in [-0.25, -0.2) is 0 Å². The van der Waals surface area contributed by atoms with Crippen molar-refractivity contribution in [2.75, 3.05) is 47.5 Å². The van der Waals surface area contributed by atoms with Crippen LogP contribution in [-0.2, 0) is 32.7 Å². The predicted molar refractivity (Wildman–Crippen MR) is 379 cm³/mol. The van der Waals surface area contributed by atoms with Gasteiger partial charge < -0.3 is 27.9 Å². The molecule has 0 bridgehead atoms. The fourth-order valence-electron chi connectivity index (χ4n) is 10.5. The number of phosphoric acid groups is 1. The standard InChI is InChI=1S/C78H140NO8P/c1-6-8-10-12-14-16-18-20-22-24-26-28-30-32-34-35-36-37-38-39-40-41-42-43-45-47-49-51-53-55-57-59-61-63-65-67-69-71-78(81)87-76(75-86-88(82,83)85-73-72-79(3,4)5)74-84-77(80)70-68-66-64-62-60-58-56-54-52-50-48-46-44-33-31-29-27-25-23-21-19-17-15-13-11-9-7-2/h8-11,14-17,20-23,26-29,76H,6-7,12-13,18-19,24-25,30-75H2,1-5H3/b10-8-,11-9-,16-14-,17-15-,22-20-,23-21-,28-26-,29-27-. The van der Waals surface area contributed by atoms with Crippen LogP contribution in [0, 0.1) is 0 Å². The molecule has 0 aliphatic heterocycles. The lowest BCUT2D eigenvalue weighted by molar-refractivity contribution is -0.870. The molecule has 0 saturated heterocycles. The maximum absolute atomic E-state index is 12.9. The van der Waals surface area contributed by atoms with Gasteiger partial charge in [-0.05, 0) is 89.9 Å². The first-order valence-corrected chi connectivity index (χ1v) is 38.4. The van der Waals surface area contributed by atoms with Gasteiger partial charge in [-0.1, -0.05) is 329 Å². The first kappa shape index (κ1) is 84.9. The molecule has 0 aliphatic rings. The molecule has 0 aliphatic carbocycles. The number of quaternary nitrogens is 1. The zero-order valence-electron chi connectivity index (χ0n) is 58.2. The third-order valence-corrected chi connectivity index (χ3v) is 17.1. The Morgan fingerprint density at radius 1 is 0.352 bits per heavy atom. The molecule has 2 unspecified atom stereocenters. The summed E-state index contributed by atoms with van der Waals surface area (Å²) in [6.45, 7) is 4.06. The number of carbonyl (C=O) groups excluding carboxylic acids is 2. The van der Waals surface area contributed by atoms with Crippen molar-refractivity contribution in [2.45, 2.75) is 341 Å². The summed E-state index contributed by atoms with van der Waals surface area (Å²) in [6, 6.07) is 0. The molecule has 0 rings (SSSR count). The van der Waals surface area contributed by atoms with E-state index >= 15 is 0 Å². The van der Waals surface area contributed by atoms with E-state index in [0.29, 0.717) is 17.4 Å². The molecule has 0 spiro atoms. The van der Waals surface area contributed by atoms with Gasteiger partial charge >= 0.3 is 11.9 Å². The number of unbranched alkanes of at least 4 members (excludes halogenated alkanes) is 38. The minimum Gasteiger partial charge on any atom is -0.756 e. The van der Waals surface area contributed by atoms with Crippen molar-refractivity contribution in [1.82, 2.24) is 0 Å². The molecule has 0 N–H and O–H groups in total. The summed E-state index contributed by atoms with van der Waals surface area (Å²) < 4.78 is 34.4. The van der Waals surface area contributed by atoms with Crippen molar-refractivity contribution < 1.29 is 42.1 Å². The highest BCUT2D eigenvalue weighted by molar-refractivity contribution is 7.45. The van der Waals surface area contributed by atoms with Crippen molar-refractivity contribution in [2.24, 2.45) is 0 Å². The van der Waals surface area contributed by atoms with Gasteiger partial charge in [0.15, 0.2) is 6.10 Å². The Balaban J connectivity index is 3.96. The van der Waals surface area contributed by atoms with Gasteiger partial charge in [0.2, 0.25) is 0 Å². The Morgan fingerprint density at radius 2 is 0.614 bits per heavy atom. The maximum Gasteiger partial charge on any atom is 0.306 e. The molecule has 0 fully saturated rings. The minimum absolute atomic E-state index is 0.0315. The lowest BCUT2D eigenvalue weighted by Crippen LogP contribution is -2.37. The average molecular weight is 1250 g/mol. The van der Waals surface area contributed by atoms with E-state index in [-0.39, 0.29) is 32.0 Å². The summed E-state index contributed by atoms with van der Waals surface area (Å²) in [5.74, 6) is -0.821. The predicted octanol–water partition coefficient (Wildman–Crippen LogP) is 23.6. The van der Waals surface area contributed by atoms with E-state index in [4.69, 9.17) is 18.5 Å². The number of allylic oxidation sites excluding steroid dienone is 16. The minimum atomic E-state index is -4.65. The number of likely N-dealkylation sites (N-methyl/N-ethyl adjacent to an activating group) is 1. The molecule has 0 heterocycles. The highest BCUT2D eigenvalue weighted by atomic mass is 31.2. The number of ether oxygens (including phenoxy) is 2. The monoisotopic (exact) mass is 1250 g/mol. The maximum atomic E-state index is 12.9. The number of esters is 2. The molecule has 9 nitrogen and oxygen atoms in total. The normalized spacial score (nSPS) is 13.7. The van der Waals surface area contributed by atoms with Crippen LogP contribution >= 0.6 is 7.82 Å². The molecule has 0 amide bonds. The van der Waals surface area contributed by atoms with Gasteiger partial charge in [0.05, 0.1) is 27.7 Å². The Bertz CT molecular complexity index is 1810. The van der Waals surface area contributed by atoms with Gasteiger partial charge in [-0.2, -0.15) is 0 Å². The van der Waals surface area contributed by atoms with E-state index in [9.17, 15) is 19.0 Å². The zero-order chi connectivity index (χ0) is 64.1. The molecule has 88 heavy (non-hydrogen) atoms. The van der Waals surface area contributed by atoms with Crippen LogP contribution < -0.4 is 4.89 Å². The molecule has 10 heteroatoms. The summed E-state index contributed by atoms with van der Waals surface area (Å²) in [5.41, 5.74) is 0. The van der Waals surface area contributed by atoms with Crippen LogP contribution in [0.3, 0.4) is 0 Å². The molecular formula is C78H140NO8P. The van der Waals surface area contributed by atoms with Crippen molar-refractivity contribution >= 4 is 19.8 Å². The van der Waals surface area contributed by atoms with Crippen LogP contribution in [0.25, 0.3) is 0 Å². The Kier molecular flexibility index (Phi) is 65.9. The quantitative estimate of drug-likeness (QED) is 0.0195. The molecule has 2 atom stereocenters. The summed E-state index contributed by atoms with van der Waals surface area (Å²) in [5, 5.41) is 0. The van der Waals surface area contributed by atoms with Crippen LogP contribution in [0.15, 0.2) is 97.2 Å². The van der Waals surface area contributed by atoms with E-state index in [1.807, 2.05) is 21.1 Å². The van der Waals surface area contributed by atoms with Crippen LogP contribution in [0.1, 0.15) is 335 Å². The van der Waals surface area contributed by atoms with Crippen molar-refractivity contribution in [3.05, 3.63) is 97.2 Å². The van der Waals surface area contributed by atoms with Crippen molar-refractivity contribution in [3.63, 3.8) is 0 Å². The molecular weight excluding hydrogens is 1110 g/mol. The smallest absolute Gasteiger partial charge is 0.306 e. The lowest BCUT2D eigenvalue weighted by atomic mass is 10.0. The Hall–Kier alpha value is -3.07. The fraction of sp³-hybridized carbons (Fsp3) is 0.769. The summed E-state index contributed by atoms with van der Waals surface area (Å²) >= 11 is 0. The Labute approximate surface area is 544 Å². The molecule has 0 saturated carbocycles. The van der Waals surface area contributed by atoms with Crippen molar-refractivity contribution in [1.29, 1.82) is 0 Å². The summed E-state index contributed by atoms with van der Waals surface area (Å²) in [7, 11) is 1.17. The summed E-state index contributed by atoms with van der Waals surface area (Å²) in [6.07, 6.45) is 95.1. The number of carbonyl (C=O) groups is 2. The molecule has 0 aromatic rings. The fourth-order valence-corrected chi connectivity index (χ4v) is 11.3. The topological polar surface area (TPSA) is 111 Å². The largest absolute Gasteiger partial charge is 0.756 e. The van der Waals surface area contributed by atoms with Gasteiger partial charge in [0.1, 0.15) is 19.8 Å². The highest BCUT2D eigenvalue weighted by Gasteiger charge is 2.22. The number of rotatable bonds is 68. The lowest BCUT2D eigenvalue weighted by Gasteiger charge is -2.28. The van der Waals surface area contributed by atoms with E-state index < -0.39 is 26.5 Å². The SMILES string of the molecule is CC/C=C\C/C=C\C/C=C\C/C=C\CCCCCCCCCCCCCCCCCCCCCCCCCCC(=O)OC(COC(=O)CCCCCCCCCCCCCCCC/C=C\C/C=C\C/C=C\C/C=C\CC)COP(=O)([O-])OCC[N+](C)(C)C. The molecule has 510 valence electrons. The first-order valence-electron chi connectivity index (χ1n) is 36.9. The Morgan fingerprint density at radius 3 is 0.909 bits per heavy atom. The summed E-state index contributed by atoms with van der Waals surface area (Å²) in [4.78, 5) is 38.1. The number of hydrogen-bond donors (Lipinski definition) is 0.